The van der Waals surface area contributed by atoms with Gasteiger partial charge < -0.3 is 28.1 Å². The minimum absolute atomic E-state index is 0.0176. The molecule has 4 bridgehead atoms. The lowest BCUT2D eigenvalue weighted by Gasteiger charge is -2.28. The molecule has 0 aromatic heterocycles. The molecule has 2 aromatic rings. The Morgan fingerprint density at radius 2 is 1.56 bits per heavy atom. The first-order valence-corrected chi connectivity index (χ1v) is 13.3. The van der Waals surface area contributed by atoms with Crippen molar-refractivity contribution in [2.75, 3.05) is 6.61 Å². The van der Waals surface area contributed by atoms with Crippen molar-refractivity contribution < 1.29 is 52.1 Å². The third-order valence-corrected chi connectivity index (χ3v) is 7.16. The molecule has 218 valence electrons. The fourth-order valence-corrected chi connectivity index (χ4v) is 5.37. The minimum Gasteiger partial charge on any atom is -0.462 e. The highest BCUT2D eigenvalue weighted by Gasteiger charge is 2.57. The first-order chi connectivity index (χ1) is 20.6. The molecule has 2 aromatic carbocycles. The van der Waals surface area contributed by atoms with Crippen molar-refractivity contribution in [3.05, 3.63) is 82.8 Å². The monoisotopic (exact) mass is 584 g/mol. The van der Waals surface area contributed by atoms with Gasteiger partial charge in [0, 0.05) is 37.8 Å². The van der Waals surface area contributed by atoms with E-state index in [0.717, 1.165) is 0 Å². The Bertz CT molecular complexity index is 1800. The third kappa shape index (κ3) is 4.88. The number of ketones is 1. The van der Waals surface area contributed by atoms with E-state index in [1.165, 1.54) is 33.1 Å². The van der Waals surface area contributed by atoms with Crippen LogP contribution in [0.1, 0.15) is 58.4 Å². The summed E-state index contributed by atoms with van der Waals surface area (Å²) in [6.07, 6.45) is 1.27. The largest absolute Gasteiger partial charge is 0.462 e. The molecule has 0 unspecified atom stereocenters. The Labute approximate surface area is 244 Å². The van der Waals surface area contributed by atoms with Crippen LogP contribution in [-0.4, -0.2) is 36.3 Å². The number of fused-ring (bicyclic) bond motifs is 8. The highest BCUT2D eigenvalue weighted by molar-refractivity contribution is 6.10. The number of rotatable bonds is 3. The molecule has 7 rings (SSSR count). The topological polar surface area (TPSA) is 145 Å². The van der Waals surface area contributed by atoms with E-state index in [4.69, 9.17) is 28.1 Å². The summed E-state index contributed by atoms with van der Waals surface area (Å²) in [6, 6.07) is 13.0. The van der Waals surface area contributed by atoms with Gasteiger partial charge in [0.2, 0.25) is 11.4 Å². The molecule has 0 saturated carbocycles. The van der Waals surface area contributed by atoms with Gasteiger partial charge in [-0.05, 0) is 48.4 Å². The molecule has 0 saturated heterocycles. The SMILES string of the molecule is CC(=O)Oc1ccc2cc1Oc1ccc(cc1)C[C@]1(OC(=O)c3occ4c(OC(C)=O)cc(C(C)=O)c-4c31)C(=O)OCC2. The molecule has 4 heterocycles. The Morgan fingerprint density at radius 3 is 2.26 bits per heavy atom. The maximum absolute atomic E-state index is 14.0. The van der Waals surface area contributed by atoms with Gasteiger partial charge >= 0.3 is 23.9 Å². The van der Waals surface area contributed by atoms with E-state index in [1.807, 2.05) is 0 Å². The van der Waals surface area contributed by atoms with Crippen LogP contribution in [0.3, 0.4) is 0 Å². The second-order valence-corrected chi connectivity index (χ2v) is 10.2. The number of esters is 4. The van der Waals surface area contributed by atoms with Crippen LogP contribution in [-0.2, 0) is 42.3 Å². The summed E-state index contributed by atoms with van der Waals surface area (Å²) in [5.74, 6) is -2.59. The van der Waals surface area contributed by atoms with Gasteiger partial charge in [0.1, 0.15) is 17.8 Å². The van der Waals surface area contributed by atoms with Gasteiger partial charge in [0.15, 0.2) is 17.3 Å². The highest BCUT2D eigenvalue weighted by atomic mass is 16.6. The molecule has 11 nitrogen and oxygen atoms in total. The molecule has 0 amide bonds. The van der Waals surface area contributed by atoms with E-state index in [2.05, 4.69) is 0 Å². The van der Waals surface area contributed by atoms with Gasteiger partial charge in [0.25, 0.3) is 0 Å². The van der Waals surface area contributed by atoms with Crippen molar-refractivity contribution in [3.63, 3.8) is 0 Å². The minimum atomic E-state index is -2.03. The molecular formula is C32H24O11. The normalized spacial score (nSPS) is 17.5. The lowest BCUT2D eigenvalue weighted by Crippen LogP contribution is -2.41. The molecule has 43 heavy (non-hydrogen) atoms. The number of hydrogen-bond acceptors (Lipinski definition) is 11. The summed E-state index contributed by atoms with van der Waals surface area (Å²) in [5, 5.41) is 0. The van der Waals surface area contributed by atoms with Crippen molar-refractivity contribution in [1.29, 1.82) is 0 Å². The van der Waals surface area contributed by atoms with Gasteiger partial charge in [0.05, 0.1) is 17.7 Å². The van der Waals surface area contributed by atoms with Crippen molar-refractivity contribution in [2.24, 2.45) is 0 Å². The predicted molar refractivity (Wildman–Crippen MR) is 146 cm³/mol. The van der Waals surface area contributed by atoms with Crippen LogP contribution in [0.15, 0.2) is 59.2 Å². The summed E-state index contributed by atoms with van der Waals surface area (Å²) in [5.41, 5.74) is -0.213. The van der Waals surface area contributed by atoms with Crippen LogP contribution < -0.4 is 14.2 Å². The third-order valence-electron chi connectivity index (χ3n) is 7.16. The van der Waals surface area contributed by atoms with Crippen LogP contribution in [0.5, 0.6) is 23.0 Å². The lowest BCUT2D eigenvalue weighted by atomic mass is 9.83. The molecule has 1 aliphatic carbocycles. The number of ether oxygens (including phenoxy) is 5. The molecule has 0 fully saturated rings. The fraction of sp³-hybridized carbons (Fsp3) is 0.219. The maximum atomic E-state index is 14.0. The van der Waals surface area contributed by atoms with Crippen LogP contribution >= 0.6 is 0 Å². The van der Waals surface area contributed by atoms with Crippen molar-refractivity contribution >= 4 is 29.7 Å². The van der Waals surface area contributed by atoms with Crippen LogP contribution in [0.2, 0.25) is 0 Å². The Hall–Kier alpha value is -5.45. The number of carbonyl (C=O) groups is 5. The van der Waals surface area contributed by atoms with E-state index in [-0.39, 0.29) is 59.0 Å². The van der Waals surface area contributed by atoms with Crippen molar-refractivity contribution in [3.8, 4) is 34.1 Å². The van der Waals surface area contributed by atoms with E-state index in [0.29, 0.717) is 22.6 Å². The lowest BCUT2D eigenvalue weighted by molar-refractivity contribution is -0.165. The summed E-state index contributed by atoms with van der Waals surface area (Å²) >= 11 is 0. The van der Waals surface area contributed by atoms with Gasteiger partial charge in [-0.2, -0.15) is 0 Å². The Balaban J connectivity index is 1.49. The Kier molecular flexibility index (Phi) is 6.72. The van der Waals surface area contributed by atoms with Crippen molar-refractivity contribution in [2.45, 2.75) is 39.2 Å². The van der Waals surface area contributed by atoms with E-state index in [1.54, 1.807) is 42.5 Å². The van der Waals surface area contributed by atoms with Crippen LogP contribution in [0.4, 0.5) is 0 Å². The molecular weight excluding hydrogens is 560 g/mol. The Morgan fingerprint density at radius 1 is 0.860 bits per heavy atom. The van der Waals surface area contributed by atoms with E-state index in [9.17, 15) is 24.0 Å². The molecule has 5 aliphatic rings. The molecule has 1 atom stereocenters. The van der Waals surface area contributed by atoms with Gasteiger partial charge in [-0.15, -0.1) is 0 Å². The molecule has 0 N–H and O–H groups in total. The zero-order valence-electron chi connectivity index (χ0n) is 23.3. The van der Waals surface area contributed by atoms with E-state index >= 15 is 0 Å². The zero-order valence-corrected chi connectivity index (χ0v) is 23.3. The number of benzene rings is 2. The summed E-state index contributed by atoms with van der Waals surface area (Å²) in [4.78, 5) is 63.4. The summed E-state index contributed by atoms with van der Waals surface area (Å²) in [6.45, 7) is 3.71. The molecule has 11 heteroatoms. The smallest absolute Gasteiger partial charge is 0.376 e. The quantitative estimate of drug-likeness (QED) is 0.183. The standard InChI is InChI=1S/C32H24O11/c1-16(33)22-13-25(41-18(3)35)23-15-39-29-28(27(22)23)32(43-30(29)36)14-20-4-7-21(8-5-20)42-26-12-19(10-11-38-31(32)37)6-9-24(26)40-17(2)34/h4-9,12-13,15H,10-11,14H2,1-3H3/t32-/m1/s1. The van der Waals surface area contributed by atoms with Gasteiger partial charge in [-0.25, -0.2) is 9.59 Å². The van der Waals surface area contributed by atoms with Crippen molar-refractivity contribution in [1.82, 2.24) is 0 Å². The molecule has 4 aliphatic heterocycles. The number of carbonyl (C=O) groups excluding carboxylic acids is 5. The highest BCUT2D eigenvalue weighted by Crippen LogP contribution is 2.51. The average Bonchev–Trinajstić information content (AvgIpc) is 3.45. The molecule has 1 spiro atoms. The fourth-order valence-electron chi connectivity index (χ4n) is 5.37. The second kappa shape index (κ2) is 10.4. The predicted octanol–water partition coefficient (Wildman–Crippen LogP) is 4.94. The first-order valence-electron chi connectivity index (χ1n) is 13.3. The van der Waals surface area contributed by atoms with Crippen LogP contribution in [0.25, 0.3) is 11.1 Å². The van der Waals surface area contributed by atoms with Gasteiger partial charge in [-0.3, -0.25) is 14.4 Å². The van der Waals surface area contributed by atoms with Crippen LogP contribution in [0, 0.1) is 0 Å². The number of hydrogen-bond donors (Lipinski definition) is 0. The summed E-state index contributed by atoms with van der Waals surface area (Å²) < 4.78 is 33.8. The molecule has 0 radical (unpaired) electrons. The maximum Gasteiger partial charge on any atom is 0.376 e. The van der Waals surface area contributed by atoms with Gasteiger partial charge in [-0.1, -0.05) is 18.2 Å². The summed E-state index contributed by atoms with van der Waals surface area (Å²) in [7, 11) is 0. The zero-order chi connectivity index (χ0) is 30.5. The number of Topliss-reactive ketones (excluding diaryl/α,β-unsaturated/α-hetero) is 1. The first kappa shape index (κ1) is 27.7. The second-order valence-electron chi connectivity index (χ2n) is 10.2. The average molecular weight is 585 g/mol. The van der Waals surface area contributed by atoms with E-state index < -0.39 is 35.3 Å².